The van der Waals surface area contributed by atoms with E-state index >= 15 is 0 Å². The zero-order valence-electron chi connectivity index (χ0n) is 20.9. The number of hydrogen-bond acceptors (Lipinski definition) is 6. The number of aromatic nitrogens is 5. The number of nitrogens with one attached hydrogen (secondary N) is 2. The van der Waals surface area contributed by atoms with Crippen LogP contribution in [0.5, 0.6) is 11.5 Å². The number of unbranched alkanes of at least 4 members (excludes halogenated alkanes) is 1. The topological polar surface area (TPSA) is 106 Å². The smallest absolute Gasteiger partial charge is 0.179 e. The fourth-order valence-corrected chi connectivity index (χ4v) is 4.03. The summed E-state index contributed by atoms with van der Waals surface area (Å²) < 4.78 is 12.0. The Bertz CT molecular complexity index is 1250. The molecular formula is C27H33N5O3. The number of Topliss-reactive ketones (excluding diaryl/α,β-unsaturated/α-hetero) is 1. The predicted octanol–water partition coefficient (Wildman–Crippen LogP) is 5.77. The van der Waals surface area contributed by atoms with Crippen LogP contribution in [0.25, 0.3) is 22.3 Å². The van der Waals surface area contributed by atoms with Crippen LogP contribution in [0.4, 0.5) is 0 Å². The van der Waals surface area contributed by atoms with Gasteiger partial charge in [-0.25, -0.2) is 5.10 Å². The van der Waals surface area contributed by atoms with Crippen molar-refractivity contribution in [3.8, 4) is 22.9 Å². The lowest BCUT2D eigenvalue weighted by Crippen LogP contribution is -2.19. The Morgan fingerprint density at radius 3 is 2.40 bits per heavy atom. The number of aromatic amines is 2. The first kappa shape index (κ1) is 24.4. The van der Waals surface area contributed by atoms with Crippen LogP contribution in [-0.2, 0) is 6.42 Å². The number of carbonyl (C=O) groups excluding carboxylic acids is 1. The van der Waals surface area contributed by atoms with Gasteiger partial charge in [0.2, 0.25) is 0 Å². The van der Waals surface area contributed by atoms with Gasteiger partial charge in [-0.05, 0) is 66.1 Å². The summed E-state index contributed by atoms with van der Waals surface area (Å²) in [5.41, 5.74) is 3.38. The molecule has 0 bridgehead atoms. The molecule has 184 valence electrons. The van der Waals surface area contributed by atoms with Crippen molar-refractivity contribution in [1.29, 1.82) is 0 Å². The number of ether oxygens (including phenoxy) is 2. The van der Waals surface area contributed by atoms with Crippen LogP contribution in [0.2, 0.25) is 0 Å². The van der Waals surface area contributed by atoms with E-state index < -0.39 is 5.41 Å². The lowest BCUT2D eigenvalue weighted by Gasteiger charge is -2.16. The highest BCUT2D eigenvalue weighted by Crippen LogP contribution is 2.33. The molecule has 0 radical (unpaired) electrons. The first-order valence-corrected chi connectivity index (χ1v) is 12.2. The lowest BCUT2D eigenvalue weighted by atomic mass is 9.86. The molecule has 0 atom stereocenters. The third-order valence-corrected chi connectivity index (χ3v) is 5.88. The van der Waals surface area contributed by atoms with Crippen LogP contribution in [0.15, 0.2) is 42.6 Å². The van der Waals surface area contributed by atoms with Gasteiger partial charge < -0.3 is 14.5 Å². The maximum Gasteiger partial charge on any atom is 0.179 e. The Labute approximate surface area is 205 Å². The molecule has 2 aromatic heterocycles. The SMILES string of the molecule is CCCc1c(OCCCCOc2ccc(-c3nnn[nH]3)cc2)ccc2c(C(=O)C(C)(C)C)c[nH]c12. The summed E-state index contributed by atoms with van der Waals surface area (Å²) in [4.78, 5) is 16.2. The molecule has 0 aliphatic heterocycles. The standard InChI is InChI=1S/C27H33N5O3/c1-5-8-21-23(14-13-20-22(17-28-24(20)21)25(33)27(2,3)4)35-16-7-6-15-34-19-11-9-18(10-12-19)26-29-31-32-30-26/h9-14,17,28H,5-8,15-16H2,1-4H3,(H,29,30,31,32). The van der Waals surface area contributed by atoms with Gasteiger partial charge in [-0.15, -0.1) is 5.10 Å². The molecule has 2 aromatic carbocycles. The number of benzene rings is 2. The highest BCUT2D eigenvalue weighted by atomic mass is 16.5. The predicted molar refractivity (Wildman–Crippen MR) is 136 cm³/mol. The molecule has 0 saturated heterocycles. The van der Waals surface area contributed by atoms with Crippen molar-refractivity contribution >= 4 is 16.7 Å². The molecule has 0 spiro atoms. The summed E-state index contributed by atoms with van der Waals surface area (Å²) >= 11 is 0. The molecule has 2 N–H and O–H groups in total. The van der Waals surface area contributed by atoms with Gasteiger partial charge in [0, 0.05) is 33.7 Å². The summed E-state index contributed by atoms with van der Waals surface area (Å²) in [5.74, 6) is 2.47. The molecule has 8 heteroatoms. The fraction of sp³-hybridized carbons (Fsp3) is 0.407. The summed E-state index contributed by atoms with van der Waals surface area (Å²) in [7, 11) is 0. The second kappa shape index (κ2) is 10.7. The largest absolute Gasteiger partial charge is 0.494 e. The van der Waals surface area contributed by atoms with Crippen molar-refractivity contribution in [2.45, 2.75) is 53.4 Å². The van der Waals surface area contributed by atoms with Gasteiger partial charge >= 0.3 is 0 Å². The highest BCUT2D eigenvalue weighted by Gasteiger charge is 2.26. The number of carbonyl (C=O) groups is 1. The van der Waals surface area contributed by atoms with E-state index in [1.54, 1.807) is 0 Å². The molecule has 8 nitrogen and oxygen atoms in total. The van der Waals surface area contributed by atoms with E-state index in [1.165, 1.54) is 0 Å². The van der Waals surface area contributed by atoms with Crippen molar-refractivity contribution in [3.63, 3.8) is 0 Å². The molecule has 0 aliphatic carbocycles. The number of H-pyrrole nitrogens is 2. The Morgan fingerprint density at radius 2 is 1.74 bits per heavy atom. The first-order valence-electron chi connectivity index (χ1n) is 12.2. The minimum Gasteiger partial charge on any atom is -0.494 e. The van der Waals surface area contributed by atoms with E-state index in [-0.39, 0.29) is 5.78 Å². The van der Waals surface area contributed by atoms with Gasteiger partial charge in [-0.3, -0.25) is 4.79 Å². The maximum absolute atomic E-state index is 12.9. The Kier molecular flexibility index (Phi) is 7.48. The van der Waals surface area contributed by atoms with Crippen LogP contribution in [0.1, 0.15) is 62.9 Å². The zero-order valence-corrected chi connectivity index (χ0v) is 20.9. The second-order valence-electron chi connectivity index (χ2n) is 9.67. The van der Waals surface area contributed by atoms with Crippen LogP contribution in [-0.4, -0.2) is 44.6 Å². The number of hydrogen-bond donors (Lipinski definition) is 2. The number of nitrogens with zero attached hydrogens (tertiary/aromatic N) is 3. The maximum atomic E-state index is 12.9. The molecule has 0 aliphatic rings. The van der Waals surface area contributed by atoms with E-state index in [9.17, 15) is 4.79 Å². The minimum absolute atomic E-state index is 0.143. The Hall–Kier alpha value is -3.68. The first-order chi connectivity index (χ1) is 16.9. The molecular weight excluding hydrogens is 442 g/mol. The number of aryl methyl sites for hydroxylation is 1. The fourth-order valence-electron chi connectivity index (χ4n) is 4.03. The monoisotopic (exact) mass is 475 g/mol. The number of fused-ring (bicyclic) bond motifs is 1. The zero-order chi connectivity index (χ0) is 24.8. The van der Waals surface area contributed by atoms with Crippen LogP contribution in [0.3, 0.4) is 0 Å². The van der Waals surface area contributed by atoms with Crippen LogP contribution >= 0.6 is 0 Å². The third-order valence-electron chi connectivity index (χ3n) is 5.88. The van der Waals surface area contributed by atoms with Crippen LogP contribution < -0.4 is 9.47 Å². The number of tetrazole rings is 1. The van der Waals surface area contributed by atoms with Crippen molar-refractivity contribution < 1.29 is 14.3 Å². The van der Waals surface area contributed by atoms with Gasteiger partial charge in [-0.2, -0.15) is 0 Å². The van der Waals surface area contributed by atoms with Crippen molar-refractivity contribution in [1.82, 2.24) is 25.6 Å². The molecule has 0 amide bonds. The van der Waals surface area contributed by atoms with Gasteiger partial charge in [0.1, 0.15) is 11.5 Å². The second-order valence-corrected chi connectivity index (χ2v) is 9.67. The van der Waals surface area contributed by atoms with Gasteiger partial charge in [-0.1, -0.05) is 34.1 Å². The van der Waals surface area contributed by atoms with Gasteiger partial charge in [0.25, 0.3) is 0 Å². The molecule has 0 saturated carbocycles. The summed E-state index contributed by atoms with van der Waals surface area (Å²) in [5, 5.41) is 14.8. The molecule has 4 rings (SSSR count). The molecule has 0 unspecified atom stereocenters. The quantitative estimate of drug-likeness (QED) is 0.211. The number of ketones is 1. The Balaban J connectivity index is 1.31. The van der Waals surface area contributed by atoms with Crippen molar-refractivity contribution in [3.05, 3.63) is 53.7 Å². The molecule has 35 heavy (non-hydrogen) atoms. The van der Waals surface area contributed by atoms with E-state index in [2.05, 4.69) is 32.5 Å². The number of rotatable bonds is 11. The summed E-state index contributed by atoms with van der Waals surface area (Å²) in [6, 6.07) is 11.7. The normalized spacial score (nSPS) is 11.7. The van der Waals surface area contributed by atoms with E-state index in [0.717, 1.165) is 64.8 Å². The van der Waals surface area contributed by atoms with E-state index in [4.69, 9.17) is 9.47 Å². The lowest BCUT2D eigenvalue weighted by molar-refractivity contribution is 0.0860. The Morgan fingerprint density at radius 1 is 1.00 bits per heavy atom. The van der Waals surface area contributed by atoms with Crippen molar-refractivity contribution in [2.75, 3.05) is 13.2 Å². The van der Waals surface area contributed by atoms with Gasteiger partial charge in [0.15, 0.2) is 11.6 Å². The van der Waals surface area contributed by atoms with Gasteiger partial charge in [0.05, 0.1) is 18.7 Å². The average molecular weight is 476 g/mol. The van der Waals surface area contributed by atoms with E-state index in [0.29, 0.717) is 19.0 Å². The highest BCUT2D eigenvalue weighted by molar-refractivity contribution is 6.10. The summed E-state index contributed by atoms with van der Waals surface area (Å²) in [6.45, 7) is 9.23. The van der Waals surface area contributed by atoms with Crippen LogP contribution in [0, 0.1) is 5.41 Å². The van der Waals surface area contributed by atoms with E-state index in [1.807, 2.05) is 63.4 Å². The molecule has 4 aromatic rings. The third kappa shape index (κ3) is 5.70. The minimum atomic E-state index is -0.423. The van der Waals surface area contributed by atoms with Crippen molar-refractivity contribution in [2.24, 2.45) is 5.41 Å². The average Bonchev–Trinajstić information content (AvgIpc) is 3.52. The molecule has 0 fully saturated rings. The molecule has 2 heterocycles. The summed E-state index contributed by atoms with van der Waals surface area (Å²) in [6.07, 6.45) is 5.49.